The van der Waals surface area contributed by atoms with Crippen LogP contribution in [0.3, 0.4) is 0 Å². The van der Waals surface area contributed by atoms with Gasteiger partial charge in [-0.15, -0.1) is 0 Å². The van der Waals surface area contributed by atoms with E-state index >= 15 is 0 Å². The van der Waals surface area contributed by atoms with Gasteiger partial charge in [0.2, 0.25) is 0 Å². The van der Waals surface area contributed by atoms with E-state index in [2.05, 4.69) is 4.99 Å². The summed E-state index contributed by atoms with van der Waals surface area (Å²) in [6.07, 6.45) is -17.5. The first kappa shape index (κ1) is 19.8. The van der Waals surface area contributed by atoms with E-state index < -0.39 is 47.4 Å². The Balaban J connectivity index is 2.75. The van der Waals surface area contributed by atoms with Crippen LogP contribution >= 0.6 is 11.6 Å². The van der Waals surface area contributed by atoms with Gasteiger partial charge in [0.05, 0.1) is 0 Å². The minimum atomic E-state index is -6.08. The minimum absolute atomic E-state index is 0.0538. The molecule has 0 amide bonds. The van der Waals surface area contributed by atoms with E-state index in [1.807, 2.05) is 0 Å². The number of aliphatic imine (C=N–C) groups is 1. The number of alkyl halides is 9. The van der Waals surface area contributed by atoms with E-state index in [9.17, 15) is 44.6 Å². The fraction of sp³-hybridized carbons (Fsp3) is 0.462. The fourth-order valence-corrected chi connectivity index (χ4v) is 2.76. The third-order valence-corrected chi connectivity index (χ3v) is 3.89. The summed E-state index contributed by atoms with van der Waals surface area (Å²) >= 11 is 5.50. The molecule has 1 unspecified atom stereocenters. The number of benzene rings is 1. The number of nitrogens with zero attached hydrogens (tertiary/aromatic N) is 1. The summed E-state index contributed by atoms with van der Waals surface area (Å²) < 4.78 is 118. The maximum Gasteiger partial charge on any atom is 0.439 e. The van der Waals surface area contributed by atoms with Crippen LogP contribution in [-0.2, 0) is 0 Å². The molecule has 0 bridgehead atoms. The van der Waals surface area contributed by atoms with Crippen molar-refractivity contribution in [3.05, 3.63) is 34.9 Å². The highest BCUT2D eigenvalue weighted by Crippen LogP contribution is 2.57. The maximum absolute atomic E-state index is 13.2. The molecule has 2 rings (SSSR count). The Morgan fingerprint density at radius 1 is 0.920 bits per heavy atom. The predicted molar refractivity (Wildman–Crippen MR) is 68.2 cm³/mol. The molecule has 0 fully saturated rings. The van der Waals surface area contributed by atoms with Crippen LogP contribution in [0, 0.1) is 5.92 Å². The Morgan fingerprint density at radius 3 is 1.76 bits per heavy atom. The monoisotopic (exact) mass is 399 g/mol. The van der Waals surface area contributed by atoms with Crippen LogP contribution in [0.1, 0.15) is 11.5 Å². The summed E-state index contributed by atoms with van der Waals surface area (Å²) in [5.41, 5.74) is -8.08. The molecule has 12 heteroatoms. The standard InChI is InChI=1S/C13H7ClF9NO/c14-6-3-1-5(2-4-6)7-8(11(15,16)17)10(25,13(21,22)23)24-9(7)12(18,19)20/h1-4,7-8,25H/t7?,8-,10+/m1/s1. The second kappa shape index (κ2) is 5.76. The molecule has 0 spiro atoms. The zero-order valence-electron chi connectivity index (χ0n) is 11.6. The normalized spacial score (nSPS) is 28.2. The molecule has 0 saturated carbocycles. The van der Waals surface area contributed by atoms with Crippen LogP contribution < -0.4 is 0 Å². The summed E-state index contributed by atoms with van der Waals surface area (Å²) in [6, 6.07) is 3.27. The molecule has 0 radical (unpaired) electrons. The van der Waals surface area contributed by atoms with E-state index in [0.717, 1.165) is 24.3 Å². The van der Waals surface area contributed by atoms with Crippen LogP contribution in [0.4, 0.5) is 39.5 Å². The van der Waals surface area contributed by atoms with Crippen molar-refractivity contribution in [2.24, 2.45) is 10.9 Å². The lowest BCUT2D eigenvalue weighted by molar-refractivity contribution is -0.319. The smallest absolute Gasteiger partial charge is 0.362 e. The molecule has 0 saturated heterocycles. The van der Waals surface area contributed by atoms with Gasteiger partial charge < -0.3 is 5.11 Å². The molecular weight excluding hydrogens is 393 g/mol. The average Bonchev–Trinajstić information content (AvgIpc) is 2.74. The van der Waals surface area contributed by atoms with E-state index in [1.165, 1.54) is 0 Å². The van der Waals surface area contributed by atoms with E-state index in [-0.39, 0.29) is 5.02 Å². The lowest BCUT2D eigenvalue weighted by atomic mass is 9.79. The van der Waals surface area contributed by atoms with E-state index in [1.54, 1.807) is 0 Å². The quantitative estimate of drug-likeness (QED) is 0.671. The number of hydrogen-bond acceptors (Lipinski definition) is 2. The van der Waals surface area contributed by atoms with Crippen molar-refractivity contribution in [1.29, 1.82) is 0 Å². The summed E-state index contributed by atoms with van der Waals surface area (Å²) in [5.74, 6) is -6.76. The minimum Gasteiger partial charge on any atom is -0.362 e. The zero-order valence-corrected chi connectivity index (χ0v) is 12.4. The van der Waals surface area contributed by atoms with Crippen LogP contribution in [0.2, 0.25) is 5.02 Å². The van der Waals surface area contributed by atoms with Gasteiger partial charge in [-0.1, -0.05) is 23.7 Å². The molecular formula is C13H7ClF9NO. The Kier molecular flexibility index (Phi) is 4.57. The van der Waals surface area contributed by atoms with Gasteiger partial charge >= 0.3 is 18.5 Å². The summed E-state index contributed by atoms with van der Waals surface area (Å²) in [5, 5.41) is 9.43. The Labute approximate surface area is 138 Å². The van der Waals surface area contributed by atoms with Gasteiger partial charge in [0, 0.05) is 10.9 Å². The van der Waals surface area contributed by atoms with Crippen molar-refractivity contribution in [3.63, 3.8) is 0 Å². The van der Waals surface area contributed by atoms with Gasteiger partial charge in [-0.3, -0.25) is 0 Å². The highest BCUT2D eigenvalue weighted by atomic mass is 35.5. The molecule has 140 valence electrons. The Bertz CT molecular complexity index is 677. The Morgan fingerprint density at radius 2 is 1.40 bits per heavy atom. The van der Waals surface area contributed by atoms with Crippen molar-refractivity contribution in [1.82, 2.24) is 0 Å². The van der Waals surface area contributed by atoms with Gasteiger partial charge in [0.1, 0.15) is 11.6 Å². The SMILES string of the molecule is O[C@@]1(C(F)(F)F)N=C(C(F)(F)F)C(c2ccc(Cl)cc2)[C@H]1C(F)(F)F. The maximum atomic E-state index is 13.2. The topological polar surface area (TPSA) is 32.6 Å². The van der Waals surface area contributed by atoms with Crippen molar-refractivity contribution >= 4 is 17.3 Å². The van der Waals surface area contributed by atoms with Crippen LogP contribution in [-0.4, -0.2) is 35.1 Å². The van der Waals surface area contributed by atoms with Crippen molar-refractivity contribution in [2.45, 2.75) is 30.2 Å². The van der Waals surface area contributed by atoms with Crippen molar-refractivity contribution in [3.8, 4) is 0 Å². The van der Waals surface area contributed by atoms with Crippen molar-refractivity contribution in [2.75, 3.05) is 0 Å². The third kappa shape index (κ3) is 3.43. The molecule has 1 aromatic rings. The number of halogens is 10. The van der Waals surface area contributed by atoms with Gasteiger partial charge in [-0.25, -0.2) is 4.99 Å². The second-order valence-electron chi connectivity index (χ2n) is 5.27. The molecule has 1 heterocycles. The lowest BCUT2D eigenvalue weighted by Gasteiger charge is -2.34. The first-order chi connectivity index (χ1) is 11.1. The van der Waals surface area contributed by atoms with E-state index in [4.69, 9.17) is 11.6 Å². The number of rotatable bonds is 1. The van der Waals surface area contributed by atoms with Crippen LogP contribution in [0.25, 0.3) is 0 Å². The van der Waals surface area contributed by atoms with Gasteiger partial charge in [0.15, 0.2) is 0 Å². The first-order valence-electron chi connectivity index (χ1n) is 6.37. The third-order valence-electron chi connectivity index (χ3n) is 3.64. The number of aliphatic hydroxyl groups is 1. The van der Waals surface area contributed by atoms with Gasteiger partial charge in [-0.2, -0.15) is 39.5 Å². The summed E-state index contributed by atoms with van der Waals surface area (Å²) in [6.45, 7) is 0. The lowest BCUT2D eigenvalue weighted by Crippen LogP contribution is -2.54. The molecule has 2 nitrogen and oxygen atoms in total. The highest BCUT2D eigenvalue weighted by molar-refractivity contribution is 6.30. The van der Waals surface area contributed by atoms with Gasteiger partial charge in [0.25, 0.3) is 5.72 Å². The number of hydrogen-bond donors (Lipinski definition) is 1. The summed E-state index contributed by atoms with van der Waals surface area (Å²) in [4.78, 5) is 2.06. The zero-order chi connectivity index (χ0) is 19.4. The predicted octanol–water partition coefficient (Wildman–Crippen LogP) is 4.87. The highest BCUT2D eigenvalue weighted by Gasteiger charge is 2.74. The largest absolute Gasteiger partial charge is 0.439 e. The van der Waals surface area contributed by atoms with Crippen molar-refractivity contribution < 1.29 is 44.6 Å². The average molecular weight is 400 g/mol. The molecule has 1 aliphatic heterocycles. The molecule has 0 aromatic heterocycles. The molecule has 25 heavy (non-hydrogen) atoms. The van der Waals surface area contributed by atoms with E-state index in [0.29, 0.717) is 0 Å². The molecule has 1 aromatic carbocycles. The summed E-state index contributed by atoms with van der Waals surface area (Å²) in [7, 11) is 0. The fourth-order valence-electron chi connectivity index (χ4n) is 2.63. The second-order valence-corrected chi connectivity index (χ2v) is 5.70. The molecule has 3 atom stereocenters. The Hall–Kier alpha value is -1.49. The molecule has 1 aliphatic rings. The van der Waals surface area contributed by atoms with Gasteiger partial charge in [-0.05, 0) is 17.7 Å². The first-order valence-corrected chi connectivity index (χ1v) is 6.75. The molecule has 1 N–H and O–H groups in total. The van der Waals surface area contributed by atoms with Crippen LogP contribution in [0.5, 0.6) is 0 Å². The molecule has 0 aliphatic carbocycles. The van der Waals surface area contributed by atoms with Crippen LogP contribution in [0.15, 0.2) is 29.3 Å².